The van der Waals surface area contributed by atoms with Crippen molar-refractivity contribution in [2.75, 3.05) is 5.88 Å². The second kappa shape index (κ2) is 5.20. The minimum Gasteiger partial charge on any atom is -0.125 e. The summed E-state index contributed by atoms with van der Waals surface area (Å²) in [6.45, 7) is 3.48. The predicted molar refractivity (Wildman–Crippen MR) is 39.7 cm³/mol. The van der Waals surface area contributed by atoms with Crippen LogP contribution in [0.4, 0.5) is 0 Å². The van der Waals surface area contributed by atoms with Crippen molar-refractivity contribution in [3.8, 4) is 0 Å². The van der Waals surface area contributed by atoms with Crippen LogP contribution in [0.5, 0.6) is 0 Å². The van der Waals surface area contributed by atoms with Crippen molar-refractivity contribution in [1.82, 2.24) is 0 Å². The molecule has 46 valence electrons. The second-order valence-corrected chi connectivity index (χ2v) is 2.16. The van der Waals surface area contributed by atoms with E-state index in [0.717, 1.165) is 0 Å². The molecule has 1 atom stereocenters. The molecule has 0 aliphatic heterocycles. The van der Waals surface area contributed by atoms with Crippen LogP contribution in [-0.4, -0.2) is 11.3 Å². The van der Waals surface area contributed by atoms with Gasteiger partial charge in [0.1, 0.15) is 0 Å². The number of alkyl halides is 2. The second-order valence-electron chi connectivity index (χ2n) is 1.29. The van der Waals surface area contributed by atoms with Gasteiger partial charge < -0.3 is 0 Å². The molecule has 0 radical (unpaired) electrons. The summed E-state index contributed by atoms with van der Waals surface area (Å²) in [6, 6.07) is 0. The lowest BCUT2D eigenvalue weighted by atomic mass is 10.4. The zero-order valence-corrected chi connectivity index (χ0v) is 5.99. The van der Waals surface area contributed by atoms with Crippen LogP contribution in [0.25, 0.3) is 0 Å². The topological polar surface area (TPSA) is 0 Å². The van der Waals surface area contributed by atoms with Gasteiger partial charge in [-0.15, -0.1) is 23.2 Å². The summed E-state index contributed by atoms with van der Waals surface area (Å²) in [7, 11) is 0. The molecule has 0 N–H and O–H groups in total. The summed E-state index contributed by atoms with van der Waals surface area (Å²) in [4.78, 5) is 0. The summed E-state index contributed by atoms with van der Waals surface area (Å²) >= 11 is 10.9. The van der Waals surface area contributed by atoms with Crippen LogP contribution in [0.3, 0.4) is 0 Å². The summed E-state index contributed by atoms with van der Waals surface area (Å²) < 4.78 is 0. The molecule has 0 saturated heterocycles. The number of allylic oxidation sites excluding steroid dienone is 3. The lowest BCUT2D eigenvalue weighted by Crippen LogP contribution is -1.91. The molecule has 0 spiro atoms. The number of hydrogen-bond donors (Lipinski definition) is 0. The van der Waals surface area contributed by atoms with Crippen molar-refractivity contribution in [3.63, 3.8) is 0 Å². The fourth-order valence-electron chi connectivity index (χ4n) is 0.251. The highest BCUT2D eigenvalue weighted by Crippen LogP contribution is 1.99. The highest BCUT2D eigenvalue weighted by molar-refractivity contribution is 6.28. The third kappa shape index (κ3) is 4.23. The Morgan fingerprint density at radius 1 is 1.62 bits per heavy atom. The normalized spacial score (nSPS) is 14.2. The van der Waals surface area contributed by atoms with Crippen LogP contribution in [0, 0.1) is 0 Å². The average molecular weight is 151 g/mol. The lowest BCUT2D eigenvalue weighted by molar-refractivity contribution is 1.24. The highest BCUT2D eigenvalue weighted by atomic mass is 35.5. The third-order valence-corrected chi connectivity index (χ3v) is 1.39. The molecule has 0 fully saturated rings. The van der Waals surface area contributed by atoms with Gasteiger partial charge in [0.05, 0.1) is 5.38 Å². The predicted octanol–water partition coefficient (Wildman–Crippen LogP) is 2.57. The van der Waals surface area contributed by atoms with Crippen molar-refractivity contribution in [2.24, 2.45) is 0 Å². The molecule has 0 nitrogen and oxygen atoms in total. The summed E-state index contributed by atoms with van der Waals surface area (Å²) in [5.74, 6) is 0.450. The Hall–Kier alpha value is 0.0600. The minimum atomic E-state index is -0.0605. The first-order valence-electron chi connectivity index (χ1n) is 2.30. The summed E-state index contributed by atoms with van der Waals surface area (Å²) in [6.07, 6.45) is 5.24. The Balaban J connectivity index is 3.35. The Bertz CT molecular complexity index is 86.5. The molecule has 0 rings (SSSR count). The molecule has 0 aromatic rings. The molecule has 0 aromatic heterocycles. The van der Waals surface area contributed by atoms with Gasteiger partial charge >= 0.3 is 0 Å². The standard InChI is InChI=1S/C6H8Cl2/c1-2-3-4-6(8)5-7/h2-4,6H,1,5H2. The van der Waals surface area contributed by atoms with Crippen molar-refractivity contribution in [1.29, 1.82) is 0 Å². The van der Waals surface area contributed by atoms with Gasteiger partial charge in [0, 0.05) is 5.88 Å². The van der Waals surface area contributed by atoms with E-state index >= 15 is 0 Å². The molecule has 0 aliphatic rings. The Morgan fingerprint density at radius 2 is 2.25 bits per heavy atom. The van der Waals surface area contributed by atoms with Gasteiger partial charge in [-0.05, 0) is 0 Å². The highest BCUT2D eigenvalue weighted by Gasteiger charge is 1.91. The van der Waals surface area contributed by atoms with E-state index in [9.17, 15) is 0 Å². The molecule has 8 heavy (non-hydrogen) atoms. The number of halogens is 2. The first-order chi connectivity index (χ1) is 3.81. The van der Waals surface area contributed by atoms with Crippen LogP contribution < -0.4 is 0 Å². The molecule has 0 heterocycles. The number of hydrogen-bond acceptors (Lipinski definition) is 0. The maximum Gasteiger partial charge on any atom is 0.0654 e. The quantitative estimate of drug-likeness (QED) is 0.429. The van der Waals surface area contributed by atoms with Gasteiger partial charge in [-0.25, -0.2) is 0 Å². The fraction of sp³-hybridized carbons (Fsp3) is 0.333. The van der Waals surface area contributed by atoms with E-state index in [2.05, 4.69) is 6.58 Å². The molecule has 0 aromatic carbocycles. The van der Waals surface area contributed by atoms with Crippen molar-refractivity contribution in [2.45, 2.75) is 5.38 Å². The van der Waals surface area contributed by atoms with Crippen LogP contribution >= 0.6 is 23.2 Å². The Labute approximate surface area is 59.8 Å². The van der Waals surface area contributed by atoms with E-state index in [4.69, 9.17) is 23.2 Å². The Kier molecular flexibility index (Phi) is 5.24. The van der Waals surface area contributed by atoms with Crippen LogP contribution in [-0.2, 0) is 0 Å². The molecule has 1 unspecified atom stereocenters. The Morgan fingerprint density at radius 3 is 2.62 bits per heavy atom. The lowest BCUT2D eigenvalue weighted by Gasteiger charge is -1.91. The third-order valence-electron chi connectivity index (χ3n) is 0.603. The van der Waals surface area contributed by atoms with Crippen LogP contribution in [0.2, 0.25) is 0 Å². The van der Waals surface area contributed by atoms with E-state index in [1.807, 2.05) is 0 Å². The van der Waals surface area contributed by atoms with Crippen molar-refractivity contribution >= 4 is 23.2 Å². The van der Waals surface area contributed by atoms with Gasteiger partial charge in [0.2, 0.25) is 0 Å². The molecule has 0 bridgehead atoms. The molecule has 0 aliphatic carbocycles. The molecule has 0 amide bonds. The van der Waals surface area contributed by atoms with Crippen molar-refractivity contribution in [3.05, 3.63) is 24.8 Å². The van der Waals surface area contributed by atoms with E-state index in [-0.39, 0.29) is 5.38 Å². The molecule has 2 heteroatoms. The molecular formula is C6H8Cl2. The number of rotatable bonds is 3. The molecular weight excluding hydrogens is 143 g/mol. The smallest absolute Gasteiger partial charge is 0.0654 e. The average Bonchev–Trinajstić information content (AvgIpc) is 1.83. The van der Waals surface area contributed by atoms with E-state index in [1.54, 1.807) is 18.2 Å². The monoisotopic (exact) mass is 150 g/mol. The van der Waals surface area contributed by atoms with Gasteiger partial charge in [0.25, 0.3) is 0 Å². The summed E-state index contributed by atoms with van der Waals surface area (Å²) in [5, 5.41) is -0.0605. The zero-order chi connectivity index (χ0) is 6.41. The fourth-order valence-corrected chi connectivity index (χ4v) is 0.437. The van der Waals surface area contributed by atoms with Gasteiger partial charge in [-0.3, -0.25) is 0 Å². The summed E-state index contributed by atoms with van der Waals surface area (Å²) in [5.41, 5.74) is 0. The van der Waals surface area contributed by atoms with E-state index in [1.165, 1.54) is 0 Å². The zero-order valence-electron chi connectivity index (χ0n) is 4.48. The van der Waals surface area contributed by atoms with Crippen LogP contribution in [0.1, 0.15) is 0 Å². The minimum absolute atomic E-state index is 0.0605. The SMILES string of the molecule is C=CC=CC(Cl)CCl. The molecule has 0 saturated carbocycles. The first kappa shape index (κ1) is 8.06. The maximum atomic E-state index is 5.58. The van der Waals surface area contributed by atoms with Gasteiger partial charge in [-0.2, -0.15) is 0 Å². The van der Waals surface area contributed by atoms with Gasteiger partial charge in [0.15, 0.2) is 0 Å². The van der Waals surface area contributed by atoms with E-state index in [0.29, 0.717) is 5.88 Å². The maximum absolute atomic E-state index is 5.58. The van der Waals surface area contributed by atoms with E-state index < -0.39 is 0 Å². The van der Waals surface area contributed by atoms with Gasteiger partial charge in [-0.1, -0.05) is 24.8 Å². The first-order valence-corrected chi connectivity index (χ1v) is 3.27. The largest absolute Gasteiger partial charge is 0.125 e. The van der Waals surface area contributed by atoms with Crippen LogP contribution in [0.15, 0.2) is 24.8 Å². The van der Waals surface area contributed by atoms with Crippen molar-refractivity contribution < 1.29 is 0 Å².